The molecule has 0 aromatic heterocycles. The van der Waals surface area contributed by atoms with Gasteiger partial charge >= 0.3 is 23.4 Å². The molecule has 2 saturated heterocycles. The number of phenolic OH excluding ortho intramolecular Hbond substituents is 2. The summed E-state index contributed by atoms with van der Waals surface area (Å²) in [6.45, 7) is 2.80. The van der Waals surface area contributed by atoms with Gasteiger partial charge in [-0.05, 0) is 187 Å². The molecule has 0 saturated carbocycles. The second kappa shape index (κ2) is 50.7. The predicted molar refractivity (Wildman–Crippen MR) is 550 cm³/mol. The number of primary amides is 1. The lowest BCUT2D eigenvalue weighted by Gasteiger charge is -2.38. The van der Waals surface area contributed by atoms with Crippen LogP contribution in [0.1, 0.15) is 134 Å². The minimum Gasteiger partial charge on any atom is -0.508 e. The Bertz CT molecular complexity index is 6060. The number of amidine groups is 1. The van der Waals surface area contributed by atoms with Crippen LogP contribution >= 0.6 is 166 Å². The zero-order valence-corrected chi connectivity index (χ0v) is 87.4. The summed E-state index contributed by atoms with van der Waals surface area (Å²) >= 11 is 28.4. The molecule has 0 bridgehead atoms. The molecule has 3 spiro atoms. The lowest BCUT2D eigenvalue weighted by Crippen LogP contribution is -2.48. The molecule has 7 aliphatic rings. The van der Waals surface area contributed by atoms with E-state index in [-0.39, 0.29) is 71.8 Å². The van der Waals surface area contributed by atoms with E-state index in [9.17, 15) is 38.4 Å². The normalized spacial score (nSPS) is 18.7. The van der Waals surface area contributed by atoms with Gasteiger partial charge in [-0.15, -0.1) is 0 Å². The van der Waals surface area contributed by atoms with Crippen molar-refractivity contribution in [3.05, 3.63) is 378 Å². The number of nitrogens with two attached hydrogens (primary N) is 1. The number of Topliss-reactive ketones (excluding diaryl/α,β-unsaturated/α-hetero) is 2. The summed E-state index contributed by atoms with van der Waals surface area (Å²) < 4.78 is 35.5. The number of halogens is 10. The number of thiocarbonyl (C=S) groups is 1. The first kappa shape index (κ1) is 106. The number of fused-ring (bicyclic) bond motifs is 7. The number of aliphatic imine (C=N–C) groups is 1. The van der Waals surface area contributed by atoms with Crippen LogP contribution < -0.4 is 50.7 Å². The molecule has 19 rings (SSSR count). The van der Waals surface area contributed by atoms with Gasteiger partial charge in [0.25, 0.3) is 17.7 Å². The first-order valence-corrected chi connectivity index (χ1v) is 52.8. The average Bonchev–Trinajstić information content (AvgIpc) is 1.55. The molecule has 0 aliphatic carbocycles. The average molecular weight is 2370 g/mol. The zero-order chi connectivity index (χ0) is 97.0. The van der Waals surface area contributed by atoms with Gasteiger partial charge in [0.15, 0.2) is 38.5 Å². The molecule has 0 radical (unpaired) electrons. The summed E-state index contributed by atoms with van der Waals surface area (Å²) in [6, 6.07) is 89.3. The van der Waals surface area contributed by atoms with Crippen molar-refractivity contribution in [2.24, 2.45) is 10.7 Å². The second-order valence-electron chi connectivity index (χ2n) is 29.5. The number of rotatable bonds is 7. The molecular formula is C98H82AlBr7Cl3N7O16S2. The Hall–Kier alpha value is -10.1. The molecule has 690 valence electrons. The minimum absolute atomic E-state index is 0.000399. The van der Waals surface area contributed by atoms with E-state index in [0.717, 1.165) is 87.5 Å². The summed E-state index contributed by atoms with van der Waals surface area (Å²) in [4.78, 5) is 109. The van der Waals surface area contributed by atoms with E-state index in [0.29, 0.717) is 76.2 Å². The number of esters is 1. The van der Waals surface area contributed by atoms with Crippen LogP contribution in [0.15, 0.2) is 327 Å². The highest BCUT2D eigenvalue weighted by Gasteiger charge is 2.56. The van der Waals surface area contributed by atoms with Crippen molar-refractivity contribution in [1.82, 2.24) is 26.2 Å². The fourth-order valence-corrected chi connectivity index (χ4v) is 17.7. The Labute approximate surface area is 858 Å². The highest BCUT2D eigenvalue weighted by molar-refractivity contribution is 9.11. The summed E-state index contributed by atoms with van der Waals surface area (Å²) in [5.41, 5.74) is 9.38. The number of hydrogen-bond donors (Lipinski definition) is 7. The van der Waals surface area contributed by atoms with Crippen molar-refractivity contribution in [3.63, 3.8) is 0 Å². The maximum Gasteiger partial charge on any atom is 0.643 e. The Morgan fingerprint density at radius 3 is 1.27 bits per heavy atom. The highest BCUT2D eigenvalue weighted by atomic mass is 79.9. The molecule has 12 aromatic rings. The monoisotopic (exact) mass is 2360 g/mol. The number of ketones is 2. The quantitative estimate of drug-likeness (QED) is 0.0148. The number of imide groups is 1. The molecule has 8 N–H and O–H groups in total. The van der Waals surface area contributed by atoms with Gasteiger partial charge in [-0.2, -0.15) is 0 Å². The molecule has 7 atom stereocenters. The molecule has 7 unspecified atom stereocenters. The Balaban J connectivity index is 0.000000161. The predicted octanol–water partition coefficient (Wildman–Crippen LogP) is 23.9. The van der Waals surface area contributed by atoms with Crippen LogP contribution in [0.5, 0.6) is 40.2 Å². The zero-order valence-electron chi connectivity index (χ0n) is 71.3. The van der Waals surface area contributed by atoms with Crippen molar-refractivity contribution < 1.29 is 77.0 Å². The molecule has 6 amide bonds. The van der Waals surface area contributed by atoms with E-state index in [1.165, 1.54) is 31.7 Å². The third-order valence-electron chi connectivity index (χ3n) is 20.5. The van der Waals surface area contributed by atoms with Crippen LogP contribution in [0, 0.1) is 0 Å². The summed E-state index contributed by atoms with van der Waals surface area (Å²) in [6.07, 6.45) is 3.82. The summed E-state index contributed by atoms with van der Waals surface area (Å²) in [5.74, 6) is 2.81. The third-order valence-corrected chi connectivity index (χ3v) is 25.0. The van der Waals surface area contributed by atoms with Crippen LogP contribution in [0.4, 0.5) is 4.79 Å². The maximum absolute atomic E-state index is 13.2. The Morgan fingerprint density at radius 1 is 0.507 bits per heavy atom. The first-order valence-electron chi connectivity index (χ1n) is 40.4. The number of thioether (sulfide) groups is 1. The number of carbonyl (C=O) groups excluding carboxylic acids is 9. The number of aromatic hydroxyl groups is 2. The van der Waals surface area contributed by atoms with E-state index < -0.39 is 34.0 Å². The van der Waals surface area contributed by atoms with Gasteiger partial charge < -0.3 is 55.6 Å². The summed E-state index contributed by atoms with van der Waals surface area (Å²) in [7, 11) is 16.6. The van der Waals surface area contributed by atoms with Crippen molar-refractivity contribution >= 4 is 241 Å². The highest BCUT2D eigenvalue weighted by Crippen LogP contribution is 2.53. The van der Waals surface area contributed by atoms with Gasteiger partial charge in [-0.3, -0.25) is 48.6 Å². The van der Waals surface area contributed by atoms with Gasteiger partial charge in [0, 0.05) is 86.8 Å². The van der Waals surface area contributed by atoms with Crippen molar-refractivity contribution in [1.29, 1.82) is 0 Å². The first-order chi connectivity index (χ1) is 64.1. The maximum atomic E-state index is 13.2. The molecule has 36 heteroatoms. The van der Waals surface area contributed by atoms with Crippen molar-refractivity contribution in [2.45, 2.75) is 80.6 Å². The number of aldehydes is 1. The number of likely N-dealkylation sites (N-methyl/N-ethyl adjacent to an activating group) is 1. The van der Waals surface area contributed by atoms with Crippen molar-refractivity contribution in [3.8, 4) is 40.2 Å². The largest absolute Gasteiger partial charge is 0.643 e. The molecule has 134 heavy (non-hydrogen) atoms. The van der Waals surface area contributed by atoms with E-state index >= 15 is 0 Å². The van der Waals surface area contributed by atoms with Gasteiger partial charge in [0.05, 0.1) is 17.5 Å². The van der Waals surface area contributed by atoms with Crippen LogP contribution in [-0.2, 0) is 40.6 Å². The number of amides is 6. The topological polar surface area (TPSA) is 330 Å². The van der Waals surface area contributed by atoms with Gasteiger partial charge in [-0.1, -0.05) is 275 Å². The molecular weight excluding hydrogens is 2290 g/mol. The van der Waals surface area contributed by atoms with Gasteiger partial charge in [-0.25, -0.2) is 39.9 Å². The van der Waals surface area contributed by atoms with E-state index in [2.05, 4.69) is 139 Å². The fraction of sp³-hybridized carbons (Fsp3) is 0.153. The number of phenols is 2. The van der Waals surface area contributed by atoms with Crippen LogP contribution in [0.25, 0.3) is 0 Å². The fourth-order valence-electron chi connectivity index (χ4n) is 14.5. The van der Waals surface area contributed by atoms with Crippen LogP contribution in [0.3, 0.4) is 0 Å². The number of carbonyl (C=O) groups is 9. The number of ether oxygens (including phenoxy) is 5. The lowest BCUT2D eigenvalue weighted by atomic mass is 9.80. The molecule has 23 nitrogen and oxygen atoms in total. The lowest BCUT2D eigenvalue weighted by molar-refractivity contribution is -0.132. The third kappa shape index (κ3) is 28.8. The number of nitrogens with zero attached hydrogens (tertiary/aromatic N) is 2. The molecule has 7 aliphatic heterocycles. The van der Waals surface area contributed by atoms with Crippen LogP contribution in [0.2, 0.25) is 0 Å². The number of hydrogen-bond acceptors (Lipinski definition) is 19. The number of urea groups is 1. The Kier molecular flexibility index (Phi) is 40.1. The molecule has 12 aromatic carbocycles. The standard InChI is InChI=1S/C19H17BrN2O2S.C17H13BrN2O3.C17H13BrN2O2S.C15H11BrO2.2C8H7BrO2.C7H6O.C6H5BrO.CH3NO.Al.3ClH/c1-22-17(23)19(21-18(22)25-2)11-16(12-6-4-3-5-7-12)24-15-9-8-13(20)10-14(15)19;18-11-6-7-13-12(8-11)17(15(21)19-16(22)20-17)9-14(23-13)10-4-2-1-3-5-10;18-11-6-7-13-12(8-11)17(15(21)19-16(23)20-17)9-14(22-13)10-4-2-1-3-5-10;16-11-6-7-14-12(8-11)13(17)9-15(18-14)10-4-2-1-3-5-10;1-6(10)11-8-4-2-7(9)3-5-8;1-5(10)7-4-6(9)2-3-8(7)11;8-6-7-4-2-1-3-5-7;7-5-1-3-6(8)4-2-5;2-1-3;;;;/h3-10,16H,11H2,1-2H3;1-8,14H,9H2,(H2,19,20,21,22);1-8,14H,9H2,(H2,19,20,21,23);1-8,15H,9H2;2-5H,1H3;2-4,11H,1H3;1-6H;1-4,8H;1H,(H2,2,3);;3*1H/q;;;;;;;;;+3;;;/p-3. The smallest absolute Gasteiger partial charge is 0.508 e. The molecule has 7 heterocycles. The number of nitrogens with one attached hydrogen (secondary N) is 4. The Morgan fingerprint density at radius 2 is 0.881 bits per heavy atom. The summed E-state index contributed by atoms with van der Waals surface area (Å²) in [5, 5.41) is 30.0. The second-order valence-corrected chi connectivity index (χ2v) is 43.5. The minimum atomic E-state index is -1.72. The SMILES string of the molecule is CC(=O)Oc1ccc(Br)cc1.CC(=O)c1cc(Br)ccc1O.CSC1=NC2(CC(c3ccccc3)Oc3ccc(Br)cc32)C(=O)N1C.NC=O.O=C1CC(c2ccccc2)Oc2ccc(Br)cc21.O=C1NC(=O)C2(CC(c3ccccc3)Oc3ccc(Br)cc32)N1.O=C1NC(=S)NC12CC(c1ccccc1)Oc1ccc(Br)cc12.O=Cc1ccccc1.Oc1ccc(Br)cc1.[Cl][Al]([Cl])[Cl]. The van der Waals surface area contributed by atoms with E-state index in [1.807, 2.05) is 231 Å². The van der Waals surface area contributed by atoms with E-state index in [1.54, 1.807) is 72.6 Å². The van der Waals surface area contributed by atoms with Gasteiger partial charge in [0.1, 0.15) is 70.9 Å². The van der Waals surface area contributed by atoms with Crippen LogP contribution in [-0.4, -0.2) is 104 Å². The molecule has 2 fully saturated rings. The number of benzene rings is 12. The van der Waals surface area contributed by atoms with Gasteiger partial charge in [0.2, 0.25) is 6.41 Å². The van der Waals surface area contributed by atoms with E-state index in [4.69, 9.17) is 86.0 Å². The van der Waals surface area contributed by atoms with Crippen molar-refractivity contribution in [2.75, 3.05) is 13.3 Å².